The molecule has 2 aromatic carbocycles. The summed E-state index contributed by atoms with van der Waals surface area (Å²) in [4.78, 5) is 16.8. The van der Waals surface area contributed by atoms with Crippen molar-refractivity contribution in [2.75, 3.05) is 10.6 Å². The number of nitrogens with one attached hydrogen (secondary N) is 2. The largest absolute Gasteiger partial charge is 0.332 e. The van der Waals surface area contributed by atoms with Gasteiger partial charge in [-0.3, -0.25) is 4.79 Å². The molecule has 1 aromatic heterocycles. The van der Waals surface area contributed by atoms with Gasteiger partial charge in [0.2, 0.25) is 5.91 Å². The predicted octanol–water partition coefficient (Wildman–Crippen LogP) is 5.45. The molecule has 0 unspecified atom stereocenters. The molecule has 0 aliphatic carbocycles. The lowest BCUT2D eigenvalue weighted by Crippen LogP contribution is -2.05. The molecule has 0 saturated carbocycles. The molecule has 6 heteroatoms. The molecule has 1 heterocycles. The predicted molar refractivity (Wildman–Crippen MR) is 107 cm³/mol. The maximum atomic E-state index is 11.0. The van der Waals surface area contributed by atoms with E-state index in [4.69, 9.17) is 0 Å². The van der Waals surface area contributed by atoms with Crippen molar-refractivity contribution in [2.45, 2.75) is 24.5 Å². The zero-order valence-electron chi connectivity index (χ0n) is 14.1. The first-order valence-electron chi connectivity index (χ1n) is 7.87. The summed E-state index contributed by atoms with van der Waals surface area (Å²) in [6.45, 7) is 3.58. The van der Waals surface area contributed by atoms with Gasteiger partial charge < -0.3 is 10.6 Å². The third-order valence-corrected chi connectivity index (χ3v) is 5.27. The van der Waals surface area contributed by atoms with Gasteiger partial charge in [0.15, 0.2) is 5.13 Å². The summed E-state index contributed by atoms with van der Waals surface area (Å²) < 4.78 is 0. The van der Waals surface area contributed by atoms with E-state index in [1.165, 1.54) is 12.5 Å². The topological polar surface area (TPSA) is 54.0 Å². The Balaban J connectivity index is 1.54. The van der Waals surface area contributed by atoms with Gasteiger partial charge in [0, 0.05) is 34.3 Å². The van der Waals surface area contributed by atoms with Crippen molar-refractivity contribution in [3.05, 3.63) is 65.2 Å². The van der Waals surface area contributed by atoms with E-state index in [-0.39, 0.29) is 5.91 Å². The van der Waals surface area contributed by atoms with Crippen LogP contribution in [-0.2, 0) is 10.5 Å². The fourth-order valence-corrected chi connectivity index (χ4v) is 3.81. The third kappa shape index (κ3) is 5.34. The van der Waals surface area contributed by atoms with E-state index in [0.717, 1.165) is 32.8 Å². The van der Waals surface area contributed by atoms with Crippen molar-refractivity contribution >= 4 is 45.5 Å². The lowest BCUT2D eigenvalue weighted by atomic mass is 10.2. The van der Waals surface area contributed by atoms with Crippen LogP contribution in [0.25, 0.3) is 0 Å². The number of carbonyl (C=O) groups is 1. The fourth-order valence-electron chi connectivity index (χ4n) is 2.19. The van der Waals surface area contributed by atoms with Gasteiger partial charge in [-0.15, -0.1) is 23.1 Å². The summed E-state index contributed by atoms with van der Waals surface area (Å²) in [6.07, 6.45) is 0. The molecule has 0 bridgehead atoms. The van der Waals surface area contributed by atoms with Crippen LogP contribution in [0.3, 0.4) is 0 Å². The maximum Gasteiger partial charge on any atom is 0.221 e. The number of thiazole rings is 1. The quantitative estimate of drug-likeness (QED) is 0.568. The number of aromatic nitrogens is 1. The average molecular weight is 370 g/mol. The zero-order chi connectivity index (χ0) is 17.6. The lowest BCUT2D eigenvalue weighted by Gasteiger charge is -2.04. The number of hydrogen-bond acceptors (Lipinski definition) is 5. The number of carbonyl (C=O) groups excluding carboxylic acids is 1. The van der Waals surface area contributed by atoms with Crippen LogP contribution >= 0.6 is 23.1 Å². The van der Waals surface area contributed by atoms with E-state index >= 15 is 0 Å². The van der Waals surface area contributed by atoms with Gasteiger partial charge in [-0.1, -0.05) is 17.7 Å². The Morgan fingerprint density at radius 1 is 1.08 bits per heavy atom. The highest BCUT2D eigenvalue weighted by atomic mass is 32.2. The second kappa shape index (κ2) is 8.18. The lowest BCUT2D eigenvalue weighted by molar-refractivity contribution is -0.114. The molecule has 128 valence electrons. The molecular formula is C19H19N3OS2. The number of hydrogen-bond donors (Lipinski definition) is 2. The van der Waals surface area contributed by atoms with Crippen molar-refractivity contribution in [1.29, 1.82) is 0 Å². The minimum atomic E-state index is -0.0588. The van der Waals surface area contributed by atoms with Crippen LogP contribution in [0.1, 0.15) is 18.2 Å². The van der Waals surface area contributed by atoms with Crippen molar-refractivity contribution < 1.29 is 4.79 Å². The van der Waals surface area contributed by atoms with Crippen LogP contribution in [0.2, 0.25) is 0 Å². The second-order valence-corrected chi connectivity index (χ2v) is 7.54. The van der Waals surface area contributed by atoms with Crippen LogP contribution in [0.4, 0.5) is 16.5 Å². The zero-order valence-corrected chi connectivity index (χ0v) is 15.7. The molecule has 0 fully saturated rings. The number of aryl methyl sites for hydroxylation is 1. The maximum absolute atomic E-state index is 11.0. The molecule has 3 aromatic rings. The minimum Gasteiger partial charge on any atom is -0.332 e. The highest BCUT2D eigenvalue weighted by Gasteiger charge is 2.04. The Labute approximate surface area is 155 Å². The molecule has 0 aliphatic heterocycles. The van der Waals surface area contributed by atoms with Crippen LogP contribution in [0.5, 0.6) is 0 Å². The minimum absolute atomic E-state index is 0.0588. The van der Waals surface area contributed by atoms with Crippen LogP contribution in [0.15, 0.2) is 58.8 Å². The monoisotopic (exact) mass is 369 g/mol. The first kappa shape index (κ1) is 17.5. The standard InChI is InChI=1S/C19H19N3OS2/c1-13-3-5-16(6-4-13)21-19-22-17(12-25-19)11-24-18-9-7-15(8-10-18)20-14(2)23/h3-10,12H,11H2,1-2H3,(H,20,23)(H,21,22). The van der Waals surface area contributed by atoms with Gasteiger partial charge >= 0.3 is 0 Å². The first-order chi connectivity index (χ1) is 12.1. The second-order valence-electron chi connectivity index (χ2n) is 5.63. The number of rotatable bonds is 6. The van der Waals surface area contributed by atoms with Gasteiger partial charge in [-0.05, 0) is 43.3 Å². The van der Waals surface area contributed by atoms with E-state index in [0.29, 0.717) is 0 Å². The molecule has 25 heavy (non-hydrogen) atoms. The molecule has 0 spiro atoms. The Bertz CT molecular complexity index is 842. The molecular weight excluding hydrogens is 350 g/mol. The van der Waals surface area contributed by atoms with Gasteiger partial charge in [0.05, 0.1) is 5.69 Å². The smallest absolute Gasteiger partial charge is 0.221 e. The summed E-state index contributed by atoms with van der Waals surface area (Å²) in [5, 5.41) is 9.08. The van der Waals surface area contributed by atoms with Crippen molar-refractivity contribution in [3.63, 3.8) is 0 Å². The number of benzene rings is 2. The van der Waals surface area contributed by atoms with Gasteiger partial charge in [0.25, 0.3) is 0 Å². The molecule has 0 radical (unpaired) electrons. The third-order valence-electron chi connectivity index (χ3n) is 3.42. The molecule has 0 atom stereocenters. The highest BCUT2D eigenvalue weighted by molar-refractivity contribution is 7.98. The number of anilines is 3. The fraction of sp³-hybridized carbons (Fsp3) is 0.158. The van der Waals surface area contributed by atoms with E-state index in [2.05, 4.69) is 52.2 Å². The summed E-state index contributed by atoms with van der Waals surface area (Å²) in [5.41, 5.74) is 4.16. The molecule has 1 amide bonds. The number of thioether (sulfide) groups is 1. The van der Waals surface area contributed by atoms with Gasteiger partial charge in [-0.25, -0.2) is 4.98 Å². The highest BCUT2D eigenvalue weighted by Crippen LogP contribution is 2.27. The number of amides is 1. The summed E-state index contributed by atoms with van der Waals surface area (Å²) in [6, 6.07) is 16.1. The normalized spacial score (nSPS) is 10.5. The summed E-state index contributed by atoms with van der Waals surface area (Å²) in [7, 11) is 0. The van der Waals surface area contributed by atoms with Crippen molar-refractivity contribution in [1.82, 2.24) is 4.98 Å². The van der Waals surface area contributed by atoms with E-state index < -0.39 is 0 Å². The van der Waals surface area contributed by atoms with Crippen molar-refractivity contribution in [3.8, 4) is 0 Å². The van der Waals surface area contributed by atoms with Gasteiger partial charge in [-0.2, -0.15) is 0 Å². The summed E-state index contributed by atoms with van der Waals surface area (Å²) >= 11 is 3.34. The number of nitrogens with zero attached hydrogens (tertiary/aromatic N) is 1. The first-order valence-corrected chi connectivity index (χ1v) is 9.73. The van der Waals surface area contributed by atoms with Gasteiger partial charge in [0.1, 0.15) is 0 Å². The molecule has 4 nitrogen and oxygen atoms in total. The van der Waals surface area contributed by atoms with E-state index in [1.807, 2.05) is 24.3 Å². The van der Waals surface area contributed by atoms with E-state index in [9.17, 15) is 4.79 Å². The van der Waals surface area contributed by atoms with Crippen LogP contribution < -0.4 is 10.6 Å². The molecule has 2 N–H and O–H groups in total. The Hall–Kier alpha value is -2.31. The Morgan fingerprint density at radius 3 is 2.44 bits per heavy atom. The summed E-state index contributed by atoms with van der Waals surface area (Å²) in [5.74, 6) is 0.752. The van der Waals surface area contributed by atoms with E-state index in [1.54, 1.807) is 23.1 Å². The van der Waals surface area contributed by atoms with Crippen LogP contribution in [-0.4, -0.2) is 10.9 Å². The molecule has 0 saturated heterocycles. The SMILES string of the molecule is CC(=O)Nc1ccc(SCc2csc(Nc3ccc(C)cc3)n2)cc1. The molecule has 3 rings (SSSR count). The molecule has 0 aliphatic rings. The Morgan fingerprint density at radius 2 is 1.76 bits per heavy atom. The van der Waals surface area contributed by atoms with Crippen molar-refractivity contribution in [2.24, 2.45) is 0 Å². The van der Waals surface area contributed by atoms with Crippen LogP contribution in [0, 0.1) is 6.92 Å². The average Bonchev–Trinajstić information content (AvgIpc) is 3.03. The Kier molecular flexibility index (Phi) is 5.73.